The number of benzene rings is 1. The maximum absolute atomic E-state index is 10.6. The lowest BCUT2D eigenvalue weighted by molar-refractivity contribution is -0.384. The zero-order valence-corrected chi connectivity index (χ0v) is 10.2. The summed E-state index contributed by atoms with van der Waals surface area (Å²) in [6.07, 6.45) is 0.231. The third-order valence-corrected chi connectivity index (χ3v) is 2.18. The lowest BCUT2D eigenvalue weighted by Crippen LogP contribution is -2.20. The topological polar surface area (TPSA) is 64.4 Å². The molecule has 0 aliphatic rings. The maximum atomic E-state index is 10.6. The van der Waals surface area contributed by atoms with Crippen LogP contribution in [0.1, 0.15) is 19.4 Å². The second-order valence-corrected chi connectivity index (χ2v) is 4.02. The molecule has 1 rings (SSSR count). The first-order valence-electron chi connectivity index (χ1n) is 5.65. The lowest BCUT2D eigenvalue weighted by Gasteiger charge is -2.08. The predicted octanol–water partition coefficient (Wildman–Crippen LogP) is 2.11. The fourth-order valence-corrected chi connectivity index (χ4v) is 1.38. The van der Waals surface area contributed by atoms with Crippen molar-refractivity contribution in [2.75, 3.05) is 13.2 Å². The van der Waals surface area contributed by atoms with E-state index in [0.29, 0.717) is 13.2 Å². The van der Waals surface area contributed by atoms with Crippen molar-refractivity contribution < 1.29 is 9.66 Å². The molecule has 5 heteroatoms. The smallest absolute Gasteiger partial charge is 0.269 e. The van der Waals surface area contributed by atoms with Crippen LogP contribution in [0.2, 0.25) is 0 Å². The van der Waals surface area contributed by atoms with Crippen molar-refractivity contribution in [2.24, 2.45) is 0 Å². The van der Waals surface area contributed by atoms with Gasteiger partial charge in [-0.05, 0) is 19.4 Å². The summed E-state index contributed by atoms with van der Waals surface area (Å²) in [6, 6.07) is 6.63. The number of hydrogen-bond acceptors (Lipinski definition) is 4. The third kappa shape index (κ3) is 5.42. The van der Waals surface area contributed by atoms with Gasteiger partial charge < -0.3 is 10.1 Å². The average Bonchev–Trinajstić information content (AvgIpc) is 2.28. The highest BCUT2D eigenvalue weighted by molar-refractivity contribution is 5.34. The van der Waals surface area contributed by atoms with Gasteiger partial charge in [-0.3, -0.25) is 10.1 Å². The highest BCUT2D eigenvalue weighted by Gasteiger charge is 2.04. The Morgan fingerprint density at radius 2 is 2.24 bits per heavy atom. The zero-order chi connectivity index (χ0) is 12.7. The van der Waals surface area contributed by atoms with Gasteiger partial charge in [0.1, 0.15) is 0 Å². The highest BCUT2D eigenvalue weighted by Crippen LogP contribution is 2.12. The van der Waals surface area contributed by atoms with Crippen LogP contribution in [0.3, 0.4) is 0 Å². The molecule has 0 unspecified atom stereocenters. The average molecular weight is 238 g/mol. The van der Waals surface area contributed by atoms with Crippen molar-refractivity contribution >= 4 is 5.69 Å². The van der Waals surface area contributed by atoms with Gasteiger partial charge >= 0.3 is 0 Å². The molecule has 0 aliphatic heterocycles. The predicted molar refractivity (Wildman–Crippen MR) is 65.9 cm³/mol. The summed E-state index contributed by atoms with van der Waals surface area (Å²) in [7, 11) is 0. The van der Waals surface area contributed by atoms with Gasteiger partial charge in [0.25, 0.3) is 5.69 Å². The minimum absolute atomic E-state index is 0.128. The molecule has 0 aromatic heterocycles. The molecule has 0 radical (unpaired) electrons. The standard InChI is InChI=1S/C12H18N2O3/c1-10(2)17-7-6-13-9-11-4-3-5-12(8-11)14(15)16/h3-5,8,10,13H,6-7,9H2,1-2H3. The highest BCUT2D eigenvalue weighted by atomic mass is 16.6. The van der Waals surface area contributed by atoms with Gasteiger partial charge in [-0.25, -0.2) is 0 Å². The summed E-state index contributed by atoms with van der Waals surface area (Å²) in [5, 5.41) is 13.7. The Balaban J connectivity index is 2.31. The Morgan fingerprint density at radius 3 is 2.88 bits per heavy atom. The Kier molecular flexibility index (Phi) is 5.59. The number of non-ortho nitro benzene ring substituents is 1. The van der Waals surface area contributed by atoms with Gasteiger partial charge in [0.15, 0.2) is 0 Å². The molecular weight excluding hydrogens is 220 g/mol. The Morgan fingerprint density at radius 1 is 1.47 bits per heavy atom. The molecule has 0 aliphatic carbocycles. The van der Waals surface area contributed by atoms with E-state index >= 15 is 0 Å². The molecule has 94 valence electrons. The Labute approximate surface area is 101 Å². The normalized spacial score (nSPS) is 10.8. The van der Waals surface area contributed by atoms with Crippen molar-refractivity contribution in [1.29, 1.82) is 0 Å². The molecule has 0 saturated heterocycles. The minimum Gasteiger partial charge on any atom is -0.377 e. The number of nitrogens with one attached hydrogen (secondary N) is 1. The second-order valence-electron chi connectivity index (χ2n) is 4.02. The van der Waals surface area contributed by atoms with Crippen LogP contribution in [-0.4, -0.2) is 24.2 Å². The van der Waals surface area contributed by atoms with Crippen LogP contribution < -0.4 is 5.32 Å². The molecule has 0 saturated carbocycles. The zero-order valence-electron chi connectivity index (χ0n) is 10.2. The summed E-state index contributed by atoms with van der Waals surface area (Å²) in [6.45, 7) is 5.97. The van der Waals surface area contributed by atoms with Crippen molar-refractivity contribution in [3.63, 3.8) is 0 Å². The summed E-state index contributed by atoms with van der Waals surface area (Å²) >= 11 is 0. The molecule has 0 amide bonds. The van der Waals surface area contributed by atoms with Crippen molar-refractivity contribution in [3.8, 4) is 0 Å². The van der Waals surface area contributed by atoms with Gasteiger partial charge in [-0.2, -0.15) is 0 Å². The summed E-state index contributed by atoms with van der Waals surface area (Å²) in [5.74, 6) is 0. The van der Waals surface area contributed by atoms with Crippen LogP contribution in [-0.2, 0) is 11.3 Å². The molecule has 1 N–H and O–H groups in total. The van der Waals surface area contributed by atoms with Crippen LogP contribution in [0.4, 0.5) is 5.69 Å². The first-order chi connectivity index (χ1) is 8.09. The Bertz CT molecular complexity index is 367. The summed E-state index contributed by atoms with van der Waals surface area (Å²) in [4.78, 5) is 10.2. The maximum Gasteiger partial charge on any atom is 0.269 e. The molecular formula is C12H18N2O3. The van der Waals surface area contributed by atoms with E-state index in [1.165, 1.54) is 6.07 Å². The summed E-state index contributed by atoms with van der Waals surface area (Å²) in [5.41, 5.74) is 1.03. The molecule has 0 bridgehead atoms. The van der Waals surface area contributed by atoms with Crippen molar-refractivity contribution in [1.82, 2.24) is 5.32 Å². The SMILES string of the molecule is CC(C)OCCNCc1cccc([N+](=O)[O-])c1. The summed E-state index contributed by atoms with van der Waals surface area (Å²) < 4.78 is 5.37. The number of rotatable bonds is 7. The monoisotopic (exact) mass is 238 g/mol. The number of nitro groups is 1. The minimum atomic E-state index is -0.384. The third-order valence-electron chi connectivity index (χ3n) is 2.18. The van der Waals surface area contributed by atoms with Gasteiger partial charge in [0.2, 0.25) is 0 Å². The number of nitrogens with zero attached hydrogens (tertiary/aromatic N) is 1. The second kappa shape index (κ2) is 6.98. The van der Waals surface area contributed by atoms with Gasteiger partial charge in [0, 0.05) is 25.2 Å². The van der Waals surface area contributed by atoms with Crippen LogP contribution in [0.5, 0.6) is 0 Å². The number of nitro benzene ring substituents is 1. The van der Waals surface area contributed by atoms with E-state index in [-0.39, 0.29) is 16.7 Å². The molecule has 0 heterocycles. The van der Waals surface area contributed by atoms with Gasteiger partial charge in [0.05, 0.1) is 17.6 Å². The van der Waals surface area contributed by atoms with E-state index in [9.17, 15) is 10.1 Å². The molecule has 5 nitrogen and oxygen atoms in total. The van der Waals surface area contributed by atoms with Gasteiger partial charge in [-0.1, -0.05) is 12.1 Å². The molecule has 0 atom stereocenters. The molecule has 0 spiro atoms. The van der Waals surface area contributed by atoms with Crippen LogP contribution >= 0.6 is 0 Å². The molecule has 0 fully saturated rings. The van der Waals surface area contributed by atoms with Crippen molar-refractivity contribution in [3.05, 3.63) is 39.9 Å². The van der Waals surface area contributed by atoms with E-state index in [4.69, 9.17) is 4.74 Å². The lowest BCUT2D eigenvalue weighted by atomic mass is 10.2. The van der Waals surface area contributed by atoms with Crippen molar-refractivity contribution in [2.45, 2.75) is 26.5 Å². The molecule has 1 aromatic rings. The first-order valence-corrected chi connectivity index (χ1v) is 5.65. The Hall–Kier alpha value is -1.46. The molecule has 1 aromatic carbocycles. The van der Waals surface area contributed by atoms with Crippen LogP contribution in [0.25, 0.3) is 0 Å². The number of ether oxygens (including phenoxy) is 1. The largest absolute Gasteiger partial charge is 0.377 e. The van der Waals surface area contributed by atoms with Crippen LogP contribution in [0.15, 0.2) is 24.3 Å². The van der Waals surface area contributed by atoms with Crippen LogP contribution in [0, 0.1) is 10.1 Å². The van der Waals surface area contributed by atoms with E-state index < -0.39 is 0 Å². The van der Waals surface area contributed by atoms with E-state index in [0.717, 1.165) is 12.1 Å². The fourth-order valence-electron chi connectivity index (χ4n) is 1.38. The van der Waals surface area contributed by atoms with E-state index in [1.807, 2.05) is 19.9 Å². The van der Waals surface area contributed by atoms with E-state index in [2.05, 4.69) is 5.32 Å². The van der Waals surface area contributed by atoms with E-state index in [1.54, 1.807) is 12.1 Å². The quantitative estimate of drug-likeness (QED) is 0.449. The fraction of sp³-hybridized carbons (Fsp3) is 0.500. The molecule has 17 heavy (non-hydrogen) atoms. The van der Waals surface area contributed by atoms with Gasteiger partial charge in [-0.15, -0.1) is 0 Å². The number of hydrogen-bond donors (Lipinski definition) is 1. The first kappa shape index (κ1) is 13.6.